The molecule has 1 rings (SSSR count). The van der Waals surface area contributed by atoms with Gasteiger partial charge in [-0.15, -0.1) is 11.8 Å². The van der Waals surface area contributed by atoms with Crippen molar-refractivity contribution in [2.75, 3.05) is 25.4 Å². The lowest BCUT2D eigenvalue weighted by atomic mass is 10.1. The summed E-state index contributed by atoms with van der Waals surface area (Å²) in [5.74, 6) is 0.0799. The van der Waals surface area contributed by atoms with Crippen LogP contribution in [0.15, 0.2) is 23.1 Å². The standard InChI is InChI=1S/C14H21NO2S/c1-4-15(5-2)9-10-18-13-11(3)7-6-8-12(13)14(16)17/h6-8H,4-5,9-10H2,1-3H3,(H,16,17). The summed E-state index contributed by atoms with van der Waals surface area (Å²) < 4.78 is 0. The van der Waals surface area contributed by atoms with Crippen LogP contribution < -0.4 is 0 Å². The molecule has 100 valence electrons. The van der Waals surface area contributed by atoms with Crippen LogP contribution in [0.1, 0.15) is 29.8 Å². The first-order valence-electron chi connectivity index (χ1n) is 6.28. The van der Waals surface area contributed by atoms with Crippen LogP contribution in [0.5, 0.6) is 0 Å². The number of thioether (sulfide) groups is 1. The molecule has 0 aliphatic carbocycles. The van der Waals surface area contributed by atoms with Gasteiger partial charge in [0.05, 0.1) is 5.56 Å². The second-order valence-corrected chi connectivity index (χ2v) is 5.24. The third-order valence-electron chi connectivity index (χ3n) is 2.99. The van der Waals surface area contributed by atoms with Crippen LogP contribution in [0.4, 0.5) is 0 Å². The number of hydrogen-bond donors (Lipinski definition) is 1. The molecule has 3 nitrogen and oxygen atoms in total. The highest BCUT2D eigenvalue weighted by Crippen LogP contribution is 2.26. The van der Waals surface area contributed by atoms with Crippen molar-refractivity contribution in [2.45, 2.75) is 25.7 Å². The van der Waals surface area contributed by atoms with Crippen molar-refractivity contribution in [3.63, 3.8) is 0 Å². The molecule has 0 amide bonds. The van der Waals surface area contributed by atoms with Gasteiger partial charge in [-0.2, -0.15) is 0 Å². The Bertz CT molecular complexity index is 403. The minimum absolute atomic E-state index is 0.416. The molecule has 1 aromatic rings. The van der Waals surface area contributed by atoms with Gasteiger partial charge >= 0.3 is 5.97 Å². The van der Waals surface area contributed by atoms with Crippen LogP contribution in [-0.4, -0.2) is 41.4 Å². The summed E-state index contributed by atoms with van der Waals surface area (Å²) in [6.45, 7) is 9.32. The normalized spacial score (nSPS) is 10.9. The molecular weight excluding hydrogens is 246 g/mol. The maximum atomic E-state index is 11.2. The van der Waals surface area contributed by atoms with Crippen molar-refractivity contribution >= 4 is 17.7 Å². The Morgan fingerprint density at radius 2 is 2.00 bits per heavy atom. The second kappa shape index (κ2) is 7.44. The molecule has 1 N–H and O–H groups in total. The largest absolute Gasteiger partial charge is 0.478 e. The Labute approximate surface area is 113 Å². The van der Waals surface area contributed by atoms with E-state index >= 15 is 0 Å². The summed E-state index contributed by atoms with van der Waals surface area (Å²) in [5, 5.41) is 9.17. The Balaban J connectivity index is 2.69. The van der Waals surface area contributed by atoms with E-state index in [1.807, 2.05) is 13.0 Å². The van der Waals surface area contributed by atoms with Crippen LogP contribution in [0.2, 0.25) is 0 Å². The Morgan fingerprint density at radius 3 is 2.56 bits per heavy atom. The Kier molecular flexibility index (Phi) is 6.22. The van der Waals surface area contributed by atoms with E-state index < -0.39 is 5.97 Å². The van der Waals surface area contributed by atoms with E-state index in [0.717, 1.165) is 35.8 Å². The molecule has 0 radical (unpaired) electrons. The smallest absolute Gasteiger partial charge is 0.336 e. The molecule has 0 spiro atoms. The molecule has 1 aromatic carbocycles. The predicted molar refractivity (Wildman–Crippen MR) is 76.7 cm³/mol. The zero-order chi connectivity index (χ0) is 13.5. The molecule has 0 atom stereocenters. The van der Waals surface area contributed by atoms with Gasteiger partial charge in [0.25, 0.3) is 0 Å². The van der Waals surface area contributed by atoms with E-state index in [-0.39, 0.29) is 0 Å². The Hall–Kier alpha value is -1.00. The first-order valence-corrected chi connectivity index (χ1v) is 7.26. The van der Waals surface area contributed by atoms with E-state index in [1.165, 1.54) is 0 Å². The quantitative estimate of drug-likeness (QED) is 0.771. The number of aromatic carboxylic acids is 1. The summed E-state index contributed by atoms with van der Waals surface area (Å²) in [6.07, 6.45) is 0. The Morgan fingerprint density at radius 1 is 1.33 bits per heavy atom. The van der Waals surface area contributed by atoms with Crippen LogP contribution in [-0.2, 0) is 0 Å². The van der Waals surface area contributed by atoms with Crippen molar-refractivity contribution in [3.8, 4) is 0 Å². The van der Waals surface area contributed by atoms with Crippen molar-refractivity contribution < 1.29 is 9.90 Å². The summed E-state index contributed by atoms with van der Waals surface area (Å²) in [6, 6.07) is 5.44. The average Bonchev–Trinajstić information content (AvgIpc) is 2.36. The zero-order valence-corrected chi connectivity index (χ0v) is 12.1. The van der Waals surface area contributed by atoms with Crippen molar-refractivity contribution in [1.82, 2.24) is 4.90 Å². The van der Waals surface area contributed by atoms with Crippen molar-refractivity contribution in [3.05, 3.63) is 29.3 Å². The van der Waals surface area contributed by atoms with Gasteiger partial charge in [-0.25, -0.2) is 4.79 Å². The van der Waals surface area contributed by atoms with Gasteiger partial charge in [-0.1, -0.05) is 26.0 Å². The lowest BCUT2D eigenvalue weighted by Crippen LogP contribution is -2.25. The van der Waals surface area contributed by atoms with Crippen LogP contribution >= 0.6 is 11.8 Å². The molecule has 0 fully saturated rings. The highest BCUT2D eigenvalue weighted by Gasteiger charge is 2.12. The van der Waals surface area contributed by atoms with Gasteiger partial charge in [0.2, 0.25) is 0 Å². The second-order valence-electron chi connectivity index (χ2n) is 4.13. The average molecular weight is 267 g/mol. The maximum absolute atomic E-state index is 11.2. The maximum Gasteiger partial charge on any atom is 0.336 e. The zero-order valence-electron chi connectivity index (χ0n) is 11.3. The third kappa shape index (κ3) is 4.03. The van der Waals surface area contributed by atoms with Crippen LogP contribution in [0, 0.1) is 6.92 Å². The van der Waals surface area contributed by atoms with Gasteiger partial charge in [0.15, 0.2) is 0 Å². The van der Waals surface area contributed by atoms with E-state index in [2.05, 4.69) is 18.7 Å². The van der Waals surface area contributed by atoms with Gasteiger partial charge in [0, 0.05) is 17.2 Å². The molecule has 4 heteroatoms. The molecular formula is C14H21NO2S. The number of benzene rings is 1. The topological polar surface area (TPSA) is 40.5 Å². The molecule has 0 saturated heterocycles. The van der Waals surface area contributed by atoms with Gasteiger partial charge < -0.3 is 10.0 Å². The number of hydrogen-bond acceptors (Lipinski definition) is 3. The number of rotatable bonds is 7. The number of aryl methyl sites for hydroxylation is 1. The summed E-state index contributed by atoms with van der Waals surface area (Å²) in [4.78, 5) is 14.4. The molecule has 0 aliphatic rings. The van der Waals surface area contributed by atoms with E-state index in [0.29, 0.717) is 5.56 Å². The molecule has 18 heavy (non-hydrogen) atoms. The van der Waals surface area contributed by atoms with Crippen LogP contribution in [0.3, 0.4) is 0 Å². The monoisotopic (exact) mass is 267 g/mol. The van der Waals surface area contributed by atoms with Gasteiger partial charge in [-0.05, 0) is 31.6 Å². The summed E-state index contributed by atoms with van der Waals surface area (Å²) >= 11 is 1.64. The number of carbonyl (C=O) groups is 1. The molecule has 0 bridgehead atoms. The molecule has 0 unspecified atom stereocenters. The van der Waals surface area contributed by atoms with E-state index in [9.17, 15) is 4.79 Å². The summed E-state index contributed by atoms with van der Waals surface area (Å²) in [5.41, 5.74) is 1.46. The highest BCUT2D eigenvalue weighted by molar-refractivity contribution is 7.99. The number of carboxylic acids is 1. The fourth-order valence-corrected chi connectivity index (χ4v) is 2.99. The minimum Gasteiger partial charge on any atom is -0.478 e. The fraction of sp³-hybridized carbons (Fsp3) is 0.500. The lowest BCUT2D eigenvalue weighted by Gasteiger charge is -2.18. The van der Waals surface area contributed by atoms with E-state index in [4.69, 9.17) is 5.11 Å². The predicted octanol–water partition coefficient (Wildman–Crippen LogP) is 3.13. The highest BCUT2D eigenvalue weighted by atomic mass is 32.2. The molecule has 0 aliphatic heterocycles. The fourth-order valence-electron chi connectivity index (χ4n) is 1.83. The number of nitrogens with zero attached hydrogens (tertiary/aromatic N) is 1. The summed E-state index contributed by atoms with van der Waals surface area (Å²) in [7, 11) is 0. The van der Waals surface area contributed by atoms with Crippen molar-refractivity contribution in [2.24, 2.45) is 0 Å². The van der Waals surface area contributed by atoms with E-state index in [1.54, 1.807) is 23.9 Å². The van der Waals surface area contributed by atoms with Crippen LogP contribution in [0.25, 0.3) is 0 Å². The first kappa shape index (κ1) is 15.1. The first-order chi connectivity index (χ1) is 8.60. The van der Waals surface area contributed by atoms with Gasteiger partial charge in [-0.3, -0.25) is 0 Å². The third-order valence-corrected chi connectivity index (χ3v) is 4.21. The van der Waals surface area contributed by atoms with Crippen molar-refractivity contribution in [1.29, 1.82) is 0 Å². The van der Waals surface area contributed by atoms with Gasteiger partial charge in [0.1, 0.15) is 0 Å². The molecule has 0 heterocycles. The SMILES string of the molecule is CCN(CC)CCSc1c(C)cccc1C(=O)O. The molecule has 0 aromatic heterocycles. The minimum atomic E-state index is -0.843. The lowest BCUT2D eigenvalue weighted by molar-refractivity contribution is 0.0693. The number of carboxylic acid groups (broad SMARTS) is 1. The molecule has 0 saturated carbocycles.